The highest BCUT2D eigenvalue weighted by atomic mass is 16.5. The second kappa shape index (κ2) is 4.57. The summed E-state index contributed by atoms with van der Waals surface area (Å²) in [5.41, 5.74) is 3.34. The molecule has 0 aliphatic rings. The smallest absolute Gasteiger partial charge is 0.163 e. The van der Waals surface area contributed by atoms with E-state index in [0.717, 1.165) is 5.69 Å². The fourth-order valence-electron chi connectivity index (χ4n) is 1.03. The minimum absolute atomic E-state index is 0.602. The van der Waals surface area contributed by atoms with E-state index in [0.29, 0.717) is 18.1 Å². The van der Waals surface area contributed by atoms with Crippen molar-refractivity contribution in [3.63, 3.8) is 0 Å². The van der Waals surface area contributed by atoms with Crippen molar-refractivity contribution in [3.05, 3.63) is 18.2 Å². The molecule has 1 aromatic carbocycles. The monoisotopic (exact) mass is 182 g/mol. The number of methoxy groups -OCH3 is 1. The fourth-order valence-corrected chi connectivity index (χ4v) is 1.03. The summed E-state index contributed by atoms with van der Waals surface area (Å²) in [6, 6.07) is 5.42. The number of nitrogens with one attached hydrogen (secondary N) is 1. The van der Waals surface area contributed by atoms with Gasteiger partial charge >= 0.3 is 0 Å². The van der Waals surface area contributed by atoms with E-state index in [2.05, 4.69) is 5.43 Å². The van der Waals surface area contributed by atoms with Gasteiger partial charge in [-0.2, -0.15) is 0 Å². The Labute approximate surface area is 77.6 Å². The second-order valence-electron chi connectivity index (χ2n) is 2.44. The lowest BCUT2D eigenvalue weighted by atomic mass is 10.3. The summed E-state index contributed by atoms with van der Waals surface area (Å²) in [6.45, 7) is 2.52. The van der Waals surface area contributed by atoms with Crippen molar-refractivity contribution in [2.75, 3.05) is 19.1 Å². The van der Waals surface area contributed by atoms with Gasteiger partial charge in [0.25, 0.3) is 0 Å². The molecule has 0 spiro atoms. The lowest BCUT2D eigenvalue weighted by Gasteiger charge is -2.10. The largest absolute Gasteiger partial charge is 0.493 e. The van der Waals surface area contributed by atoms with Crippen LogP contribution < -0.4 is 20.7 Å². The highest BCUT2D eigenvalue weighted by Gasteiger charge is 2.03. The van der Waals surface area contributed by atoms with Crippen LogP contribution in [0.2, 0.25) is 0 Å². The Morgan fingerprint density at radius 2 is 2.15 bits per heavy atom. The molecule has 0 unspecified atom stereocenters. The maximum absolute atomic E-state index is 5.35. The Hall–Kier alpha value is -1.42. The first kappa shape index (κ1) is 9.67. The van der Waals surface area contributed by atoms with Crippen molar-refractivity contribution >= 4 is 5.69 Å². The third kappa shape index (κ3) is 2.26. The summed E-state index contributed by atoms with van der Waals surface area (Å²) in [5.74, 6) is 6.66. The molecule has 4 nitrogen and oxygen atoms in total. The van der Waals surface area contributed by atoms with Gasteiger partial charge < -0.3 is 14.9 Å². The molecule has 0 heterocycles. The zero-order valence-corrected chi connectivity index (χ0v) is 7.83. The average molecular weight is 182 g/mol. The minimum atomic E-state index is 0.602. The molecule has 0 aliphatic carbocycles. The van der Waals surface area contributed by atoms with Crippen LogP contribution in [0, 0.1) is 0 Å². The van der Waals surface area contributed by atoms with E-state index >= 15 is 0 Å². The predicted molar refractivity (Wildman–Crippen MR) is 52.0 cm³/mol. The quantitative estimate of drug-likeness (QED) is 0.545. The Morgan fingerprint density at radius 1 is 1.38 bits per heavy atom. The highest BCUT2D eigenvalue weighted by molar-refractivity contribution is 5.54. The van der Waals surface area contributed by atoms with Crippen LogP contribution in [0.25, 0.3) is 0 Å². The Kier molecular flexibility index (Phi) is 3.40. The van der Waals surface area contributed by atoms with E-state index in [1.165, 1.54) is 0 Å². The molecule has 1 aromatic rings. The van der Waals surface area contributed by atoms with Crippen molar-refractivity contribution < 1.29 is 9.47 Å². The predicted octanol–water partition coefficient (Wildman–Crippen LogP) is 1.38. The zero-order valence-electron chi connectivity index (χ0n) is 7.83. The molecule has 0 fully saturated rings. The number of rotatable bonds is 4. The number of nitrogen functional groups attached to an aromatic ring is 1. The van der Waals surface area contributed by atoms with Crippen LogP contribution in [-0.2, 0) is 0 Å². The molecule has 0 saturated heterocycles. The number of hydrazine groups is 1. The third-order valence-electron chi connectivity index (χ3n) is 1.63. The van der Waals surface area contributed by atoms with E-state index in [9.17, 15) is 0 Å². The van der Waals surface area contributed by atoms with Crippen molar-refractivity contribution in [2.24, 2.45) is 5.84 Å². The van der Waals surface area contributed by atoms with Crippen LogP contribution in [0.5, 0.6) is 11.5 Å². The summed E-state index contributed by atoms with van der Waals surface area (Å²) >= 11 is 0. The van der Waals surface area contributed by atoms with Crippen LogP contribution in [0.1, 0.15) is 6.92 Å². The van der Waals surface area contributed by atoms with E-state index in [1.54, 1.807) is 19.2 Å². The van der Waals surface area contributed by atoms with Gasteiger partial charge in [0, 0.05) is 6.07 Å². The molecular formula is C9H14N2O2. The van der Waals surface area contributed by atoms with Crippen LogP contribution >= 0.6 is 0 Å². The Balaban J connectivity index is 2.95. The average Bonchev–Trinajstić information content (AvgIpc) is 2.18. The van der Waals surface area contributed by atoms with Gasteiger partial charge in [0.2, 0.25) is 0 Å². The number of nitrogens with two attached hydrogens (primary N) is 1. The lowest BCUT2D eigenvalue weighted by molar-refractivity contribution is 0.311. The normalized spacial score (nSPS) is 9.46. The zero-order chi connectivity index (χ0) is 9.68. The van der Waals surface area contributed by atoms with Crippen molar-refractivity contribution in [3.8, 4) is 11.5 Å². The first-order valence-electron chi connectivity index (χ1n) is 4.09. The maximum Gasteiger partial charge on any atom is 0.163 e. The van der Waals surface area contributed by atoms with Gasteiger partial charge in [-0.15, -0.1) is 0 Å². The third-order valence-corrected chi connectivity index (χ3v) is 1.63. The van der Waals surface area contributed by atoms with Crippen LogP contribution in [0.15, 0.2) is 18.2 Å². The van der Waals surface area contributed by atoms with E-state index in [1.807, 2.05) is 13.0 Å². The number of hydrogen-bond donors (Lipinski definition) is 2. The number of hydrogen-bond acceptors (Lipinski definition) is 4. The summed E-state index contributed by atoms with van der Waals surface area (Å²) in [7, 11) is 1.60. The Bertz CT molecular complexity index is 276. The molecule has 1 rings (SSSR count). The summed E-state index contributed by atoms with van der Waals surface area (Å²) in [6.07, 6.45) is 0. The summed E-state index contributed by atoms with van der Waals surface area (Å²) < 4.78 is 10.5. The summed E-state index contributed by atoms with van der Waals surface area (Å²) in [5, 5.41) is 0. The maximum atomic E-state index is 5.35. The van der Waals surface area contributed by atoms with Crippen LogP contribution in [0.3, 0.4) is 0 Å². The van der Waals surface area contributed by atoms with Gasteiger partial charge in [-0.1, -0.05) is 0 Å². The van der Waals surface area contributed by atoms with Gasteiger partial charge in [0.1, 0.15) is 0 Å². The SMILES string of the molecule is CCOc1cc(NN)ccc1OC. The molecule has 13 heavy (non-hydrogen) atoms. The Morgan fingerprint density at radius 3 is 2.69 bits per heavy atom. The van der Waals surface area contributed by atoms with Crippen LogP contribution in [-0.4, -0.2) is 13.7 Å². The molecule has 72 valence electrons. The topological polar surface area (TPSA) is 56.5 Å². The van der Waals surface area contributed by atoms with Gasteiger partial charge in [-0.05, 0) is 19.1 Å². The first-order valence-corrected chi connectivity index (χ1v) is 4.09. The van der Waals surface area contributed by atoms with E-state index < -0.39 is 0 Å². The molecular weight excluding hydrogens is 168 g/mol. The number of anilines is 1. The molecule has 0 atom stereocenters. The second-order valence-corrected chi connectivity index (χ2v) is 2.44. The fraction of sp³-hybridized carbons (Fsp3) is 0.333. The number of ether oxygens (including phenoxy) is 2. The van der Waals surface area contributed by atoms with Gasteiger partial charge in [0.15, 0.2) is 11.5 Å². The standard InChI is InChI=1S/C9H14N2O2/c1-3-13-9-6-7(11-10)4-5-8(9)12-2/h4-6,11H,3,10H2,1-2H3. The molecule has 0 amide bonds. The van der Waals surface area contributed by atoms with Crippen LogP contribution in [0.4, 0.5) is 5.69 Å². The molecule has 0 saturated carbocycles. The summed E-state index contributed by atoms with van der Waals surface area (Å²) in [4.78, 5) is 0. The molecule has 3 N–H and O–H groups in total. The van der Waals surface area contributed by atoms with Crippen molar-refractivity contribution in [2.45, 2.75) is 6.92 Å². The number of benzene rings is 1. The highest BCUT2D eigenvalue weighted by Crippen LogP contribution is 2.29. The first-order chi connectivity index (χ1) is 6.31. The molecule has 0 radical (unpaired) electrons. The molecule has 4 heteroatoms. The van der Waals surface area contributed by atoms with Gasteiger partial charge in [0.05, 0.1) is 19.4 Å². The molecule has 0 aromatic heterocycles. The lowest BCUT2D eigenvalue weighted by Crippen LogP contribution is -2.07. The van der Waals surface area contributed by atoms with Gasteiger partial charge in [-0.25, -0.2) is 0 Å². The van der Waals surface area contributed by atoms with Crippen molar-refractivity contribution in [1.82, 2.24) is 0 Å². The molecule has 0 aliphatic heterocycles. The van der Waals surface area contributed by atoms with Crippen molar-refractivity contribution in [1.29, 1.82) is 0 Å². The van der Waals surface area contributed by atoms with Gasteiger partial charge in [-0.3, -0.25) is 5.84 Å². The van der Waals surface area contributed by atoms with E-state index in [4.69, 9.17) is 15.3 Å². The minimum Gasteiger partial charge on any atom is -0.493 e. The van der Waals surface area contributed by atoms with E-state index in [-0.39, 0.29) is 0 Å². The molecule has 0 bridgehead atoms.